The van der Waals surface area contributed by atoms with E-state index in [1.165, 1.54) is 0 Å². The highest BCUT2D eigenvalue weighted by Gasteiger charge is 2.20. The van der Waals surface area contributed by atoms with E-state index in [1.54, 1.807) is 0 Å². The zero-order valence-electron chi connectivity index (χ0n) is 26.7. The molecule has 0 saturated carbocycles. The van der Waals surface area contributed by atoms with Gasteiger partial charge in [-0.2, -0.15) is 15.8 Å². The quantitative estimate of drug-likeness (QED) is 0.193. The van der Waals surface area contributed by atoms with Crippen molar-refractivity contribution in [3.8, 4) is 51.8 Å². The molecule has 50 heavy (non-hydrogen) atoms. The molecule has 0 atom stereocenters. The second-order valence-corrected chi connectivity index (χ2v) is 12.3. The third kappa shape index (κ3) is 4.24. The molecule has 0 aliphatic carbocycles. The van der Waals surface area contributed by atoms with Crippen LogP contribution in [-0.4, -0.2) is 9.13 Å². The third-order valence-corrected chi connectivity index (χ3v) is 9.66. The molecular formula is C45H25N5. The van der Waals surface area contributed by atoms with E-state index in [1.807, 2.05) is 109 Å². The van der Waals surface area contributed by atoms with E-state index in [0.29, 0.717) is 16.7 Å². The van der Waals surface area contributed by atoms with E-state index < -0.39 is 0 Å². The van der Waals surface area contributed by atoms with E-state index in [2.05, 4.69) is 69.8 Å². The topological polar surface area (TPSA) is 81.2 Å². The van der Waals surface area contributed by atoms with Crippen LogP contribution in [0.5, 0.6) is 0 Å². The molecule has 0 bridgehead atoms. The molecule has 0 spiro atoms. The van der Waals surface area contributed by atoms with Crippen molar-refractivity contribution >= 4 is 43.6 Å². The molecule has 5 heteroatoms. The van der Waals surface area contributed by atoms with Crippen LogP contribution in [0.1, 0.15) is 16.7 Å². The maximum Gasteiger partial charge on any atom is 0.102 e. The number of benzene rings is 7. The molecule has 230 valence electrons. The molecule has 0 amide bonds. The Hall–Kier alpha value is -7.39. The first-order valence-corrected chi connectivity index (χ1v) is 16.3. The first-order chi connectivity index (χ1) is 24.7. The largest absolute Gasteiger partial charge is 0.309 e. The lowest BCUT2D eigenvalue weighted by Crippen LogP contribution is -2.00. The fourth-order valence-electron chi connectivity index (χ4n) is 7.50. The Bertz CT molecular complexity index is 2920. The van der Waals surface area contributed by atoms with E-state index in [9.17, 15) is 15.8 Å². The van der Waals surface area contributed by atoms with Crippen LogP contribution in [0.4, 0.5) is 0 Å². The van der Waals surface area contributed by atoms with Gasteiger partial charge in [0, 0.05) is 38.2 Å². The van der Waals surface area contributed by atoms with E-state index in [4.69, 9.17) is 0 Å². The first-order valence-electron chi connectivity index (χ1n) is 16.3. The SMILES string of the molecule is N#Cc1ccc2c(c1)c1ccccc1n2-c1ccccc1-c1cc(-c2cccc(-n3c4ccccc4c4ccccc43)c2C#N)ccc1C#N. The van der Waals surface area contributed by atoms with Crippen LogP contribution in [0, 0.1) is 34.0 Å². The molecule has 2 aromatic heterocycles. The second-order valence-electron chi connectivity index (χ2n) is 12.3. The van der Waals surface area contributed by atoms with Crippen LogP contribution in [0.25, 0.3) is 77.2 Å². The van der Waals surface area contributed by atoms with Gasteiger partial charge in [0.25, 0.3) is 0 Å². The standard InChI is InChI=1S/C45H25N5/c46-26-29-20-23-45-38(24-29)36-13-4-8-18-43(36)50(45)42-17-7-3-12-35(42)37-25-30(21-22-31(37)27-47)32-14-9-19-44(39(32)28-48)49-40-15-5-1-10-33(40)34-11-2-6-16-41(34)49/h1-25H. The molecule has 9 rings (SSSR count). The molecule has 0 aliphatic heterocycles. The molecule has 0 radical (unpaired) electrons. The summed E-state index contributed by atoms with van der Waals surface area (Å²) in [5.74, 6) is 0. The average molecular weight is 636 g/mol. The van der Waals surface area contributed by atoms with E-state index in [0.717, 1.165) is 77.2 Å². The Morgan fingerprint density at radius 3 is 1.60 bits per heavy atom. The van der Waals surface area contributed by atoms with Crippen LogP contribution < -0.4 is 0 Å². The minimum atomic E-state index is 0.533. The van der Waals surface area contributed by atoms with Gasteiger partial charge in [0.15, 0.2) is 0 Å². The monoisotopic (exact) mass is 635 g/mol. The first kappa shape index (κ1) is 28.8. The molecule has 0 unspecified atom stereocenters. The van der Waals surface area contributed by atoms with Crippen molar-refractivity contribution in [1.29, 1.82) is 15.8 Å². The molecular weight excluding hydrogens is 611 g/mol. The highest BCUT2D eigenvalue weighted by Crippen LogP contribution is 2.40. The van der Waals surface area contributed by atoms with Crippen molar-refractivity contribution in [3.63, 3.8) is 0 Å². The number of nitrogens with zero attached hydrogens (tertiary/aromatic N) is 5. The minimum Gasteiger partial charge on any atom is -0.309 e. The van der Waals surface area contributed by atoms with E-state index in [-0.39, 0.29) is 0 Å². The van der Waals surface area contributed by atoms with Gasteiger partial charge in [-0.05, 0) is 66.2 Å². The van der Waals surface area contributed by atoms with Crippen molar-refractivity contribution in [2.45, 2.75) is 0 Å². The average Bonchev–Trinajstić information content (AvgIpc) is 3.69. The maximum absolute atomic E-state index is 10.8. The lowest BCUT2D eigenvalue weighted by Gasteiger charge is -2.17. The summed E-state index contributed by atoms with van der Waals surface area (Å²) in [6, 6.07) is 57.6. The van der Waals surface area contributed by atoms with Crippen molar-refractivity contribution in [3.05, 3.63) is 168 Å². The van der Waals surface area contributed by atoms with Gasteiger partial charge in [-0.15, -0.1) is 0 Å². The molecule has 0 saturated heterocycles. The van der Waals surface area contributed by atoms with E-state index >= 15 is 0 Å². The van der Waals surface area contributed by atoms with Gasteiger partial charge in [-0.25, -0.2) is 0 Å². The summed E-state index contributed by atoms with van der Waals surface area (Å²) in [5.41, 5.74) is 10.7. The number of rotatable bonds is 4. The van der Waals surface area contributed by atoms with Gasteiger partial charge >= 0.3 is 0 Å². The van der Waals surface area contributed by atoms with Crippen molar-refractivity contribution < 1.29 is 0 Å². The Morgan fingerprint density at radius 2 is 0.940 bits per heavy atom. The molecule has 2 heterocycles. The van der Waals surface area contributed by atoms with Crippen molar-refractivity contribution in [1.82, 2.24) is 9.13 Å². The fraction of sp³-hybridized carbons (Fsp3) is 0. The zero-order valence-corrected chi connectivity index (χ0v) is 26.7. The van der Waals surface area contributed by atoms with Crippen LogP contribution in [0.3, 0.4) is 0 Å². The van der Waals surface area contributed by atoms with Crippen LogP contribution in [-0.2, 0) is 0 Å². The predicted octanol–water partition coefficient (Wildman–Crippen LogP) is 10.8. The van der Waals surface area contributed by atoms with Gasteiger partial charge in [-0.3, -0.25) is 0 Å². The fourth-order valence-corrected chi connectivity index (χ4v) is 7.50. The summed E-state index contributed by atoms with van der Waals surface area (Å²) in [6.45, 7) is 0. The van der Waals surface area contributed by atoms with Crippen molar-refractivity contribution in [2.75, 3.05) is 0 Å². The summed E-state index contributed by atoms with van der Waals surface area (Å²) in [7, 11) is 0. The minimum absolute atomic E-state index is 0.533. The highest BCUT2D eigenvalue weighted by molar-refractivity contribution is 6.11. The lowest BCUT2D eigenvalue weighted by atomic mass is 9.92. The van der Waals surface area contributed by atoms with Crippen LogP contribution in [0.15, 0.2) is 152 Å². The summed E-state index contributed by atoms with van der Waals surface area (Å²) in [6.07, 6.45) is 0. The van der Waals surface area contributed by atoms with Gasteiger partial charge in [0.05, 0.1) is 62.3 Å². The molecule has 5 nitrogen and oxygen atoms in total. The Kier molecular flexibility index (Phi) is 6.56. The molecule has 0 fully saturated rings. The molecule has 7 aromatic carbocycles. The predicted molar refractivity (Wildman–Crippen MR) is 200 cm³/mol. The Balaban J connectivity index is 1.28. The number of fused-ring (bicyclic) bond motifs is 6. The number of aromatic nitrogens is 2. The highest BCUT2D eigenvalue weighted by atomic mass is 15.0. The summed E-state index contributed by atoms with van der Waals surface area (Å²) >= 11 is 0. The number of hydrogen-bond acceptors (Lipinski definition) is 3. The van der Waals surface area contributed by atoms with Crippen LogP contribution in [0.2, 0.25) is 0 Å². The Labute approximate surface area is 287 Å². The molecule has 0 aliphatic rings. The molecule has 9 aromatic rings. The van der Waals surface area contributed by atoms with Gasteiger partial charge in [0.2, 0.25) is 0 Å². The van der Waals surface area contributed by atoms with Gasteiger partial charge in [0.1, 0.15) is 6.07 Å². The smallest absolute Gasteiger partial charge is 0.102 e. The van der Waals surface area contributed by atoms with Crippen LogP contribution >= 0.6 is 0 Å². The zero-order chi connectivity index (χ0) is 33.8. The summed E-state index contributed by atoms with van der Waals surface area (Å²) < 4.78 is 4.38. The normalized spacial score (nSPS) is 11.1. The third-order valence-electron chi connectivity index (χ3n) is 9.66. The number of hydrogen-bond donors (Lipinski definition) is 0. The van der Waals surface area contributed by atoms with Gasteiger partial charge in [-0.1, -0.05) is 91.0 Å². The maximum atomic E-state index is 10.8. The summed E-state index contributed by atoms with van der Waals surface area (Å²) in [5, 5.41) is 35.1. The summed E-state index contributed by atoms with van der Waals surface area (Å²) in [4.78, 5) is 0. The van der Waals surface area contributed by atoms with Crippen molar-refractivity contribution in [2.24, 2.45) is 0 Å². The Morgan fingerprint density at radius 1 is 0.380 bits per heavy atom. The van der Waals surface area contributed by atoms with Gasteiger partial charge < -0.3 is 9.13 Å². The lowest BCUT2D eigenvalue weighted by molar-refractivity contribution is 1.17. The molecule has 0 N–H and O–H groups in total. The number of nitriles is 3. The second kappa shape index (κ2) is 11.4. The number of para-hydroxylation sites is 4.